The Morgan fingerprint density at radius 1 is 1.35 bits per heavy atom. The molecule has 0 radical (unpaired) electrons. The maximum absolute atomic E-state index is 13.0. The second-order valence-electron chi connectivity index (χ2n) is 3.89. The standard InChI is InChI=1S/C13H14FN3/c1-9-4-5-16-7-10(9)8-17-13-6-11(14)2-3-12(13)15/h2-7,17H,8,15H2,1H3. The first-order chi connectivity index (χ1) is 8.16. The molecule has 1 aromatic carbocycles. The third kappa shape index (κ3) is 2.72. The molecule has 88 valence electrons. The number of nitrogen functional groups attached to an aromatic ring is 1. The highest BCUT2D eigenvalue weighted by Crippen LogP contribution is 2.20. The highest BCUT2D eigenvalue weighted by atomic mass is 19.1. The van der Waals surface area contributed by atoms with E-state index in [1.165, 1.54) is 12.1 Å². The van der Waals surface area contributed by atoms with E-state index >= 15 is 0 Å². The lowest BCUT2D eigenvalue weighted by Crippen LogP contribution is -2.04. The fourth-order valence-corrected chi connectivity index (χ4v) is 1.55. The van der Waals surface area contributed by atoms with Gasteiger partial charge in [-0.15, -0.1) is 0 Å². The summed E-state index contributed by atoms with van der Waals surface area (Å²) in [5.74, 6) is -0.301. The average Bonchev–Trinajstić information content (AvgIpc) is 2.32. The van der Waals surface area contributed by atoms with Gasteiger partial charge < -0.3 is 11.1 Å². The van der Waals surface area contributed by atoms with Gasteiger partial charge in [0.1, 0.15) is 5.82 Å². The number of nitrogens with one attached hydrogen (secondary N) is 1. The number of aromatic nitrogens is 1. The summed E-state index contributed by atoms with van der Waals surface area (Å²) >= 11 is 0. The number of anilines is 2. The van der Waals surface area contributed by atoms with Crippen molar-refractivity contribution >= 4 is 11.4 Å². The molecule has 1 heterocycles. The maximum Gasteiger partial charge on any atom is 0.125 e. The summed E-state index contributed by atoms with van der Waals surface area (Å²) in [5, 5.41) is 3.11. The van der Waals surface area contributed by atoms with Crippen molar-refractivity contribution in [1.82, 2.24) is 4.98 Å². The van der Waals surface area contributed by atoms with Gasteiger partial charge in [0, 0.05) is 18.9 Å². The third-order valence-corrected chi connectivity index (χ3v) is 2.63. The van der Waals surface area contributed by atoms with Crippen LogP contribution in [0, 0.1) is 12.7 Å². The van der Waals surface area contributed by atoms with E-state index in [9.17, 15) is 4.39 Å². The van der Waals surface area contributed by atoms with Gasteiger partial charge in [0.15, 0.2) is 0 Å². The topological polar surface area (TPSA) is 50.9 Å². The number of hydrogen-bond donors (Lipinski definition) is 2. The van der Waals surface area contributed by atoms with Crippen molar-refractivity contribution in [2.24, 2.45) is 0 Å². The molecule has 0 spiro atoms. The molecule has 3 N–H and O–H groups in total. The summed E-state index contributed by atoms with van der Waals surface area (Å²) in [6.45, 7) is 2.58. The van der Waals surface area contributed by atoms with Gasteiger partial charge in [-0.3, -0.25) is 4.98 Å². The zero-order chi connectivity index (χ0) is 12.3. The van der Waals surface area contributed by atoms with E-state index in [2.05, 4.69) is 10.3 Å². The van der Waals surface area contributed by atoms with E-state index in [0.29, 0.717) is 17.9 Å². The van der Waals surface area contributed by atoms with Crippen LogP contribution in [0.3, 0.4) is 0 Å². The van der Waals surface area contributed by atoms with Crippen molar-refractivity contribution in [1.29, 1.82) is 0 Å². The monoisotopic (exact) mass is 231 g/mol. The lowest BCUT2D eigenvalue weighted by atomic mass is 10.1. The minimum Gasteiger partial charge on any atom is -0.397 e. The summed E-state index contributed by atoms with van der Waals surface area (Å²) in [6, 6.07) is 6.22. The molecule has 17 heavy (non-hydrogen) atoms. The second-order valence-corrected chi connectivity index (χ2v) is 3.89. The Morgan fingerprint density at radius 2 is 2.18 bits per heavy atom. The molecule has 3 nitrogen and oxygen atoms in total. The molecule has 2 rings (SSSR count). The molecular weight excluding hydrogens is 217 g/mol. The van der Waals surface area contributed by atoms with Crippen LogP contribution in [-0.2, 0) is 6.54 Å². The first kappa shape index (κ1) is 11.4. The van der Waals surface area contributed by atoms with Crippen LogP contribution >= 0.6 is 0 Å². The van der Waals surface area contributed by atoms with Crippen LogP contribution < -0.4 is 11.1 Å². The fraction of sp³-hybridized carbons (Fsp3) is 0.154. The number of benzene rings is 1. The molecule has 0 saturated heterocycles. The van der Waals surface area contributed by atoms with Gasteiger partial charge in [-0.2, -0.15) is 0 Å². The van der Waals surface area contributed by atoms with E-state index in [-0.39, 0.29) is 5.82 Å². The van der Waals surface area contributed by atoms with Crippen LogP contribution in [0.4, 0.5) is 15.8 Å². The Hall–Kier alpha value is -2.10. The minimum absolute atomic E-state index is 0.301. The molecular formula is C13H14FN3. The summed E-state index contributed by atoms with van der Waals surface area (Å²) < 4.78 is 13.0. The number of rotatable bonds is 3. The van der Waals surface area contributed by atoms with Crippen LogP contribution in [0.2, 0.25) is 0 Å². The SMILES string of the molecule is Cc1ccncc1CNc1cc(F)ccc1N. The lowest BCUT2D eigenvalue weighted by molar-refractivity contribution is 0.628. The van der Waals surface area contributed by atoms with Gasteiger partial charge in [0.2, 0.25) is 0 Å². The van der Waals surface area contributed by atoms with E-state index < -0.39 is 0 Å². The van der Waals surface area contributed by atoms with Gasteiger partial charge in [-0.05, 0) is 42.3 Å². The molecule has 4 heteroatoms. The van der Waals surface area contributed by atoms with Gasteiger partial charge in [0.05, 0.1) is 11.4 Å². The molecule has 0 aliphatic heterocycles. The molecule has 0 atom stereocenters. The molecule has 0 fully saturated rings. The highest BCUT2D eigenvalue weighted by Gasteiger charge is 2.02. The summed E-state index contributed by atoms with van der Waals surface area (Å²) in [5.41, 5.74) is 9.09. The van der Waals surface area contributed by atoms with Crippen molar-refractivity contribution < 1.29 is 4.39 Å². The Labute approximate surface area is 99.5 Å². The summed E-state index contributed by atoms with van der Waals surface area (Å²) in [7, 11) is 0. The molecule has 1 aromatic heterocycles. The Bertz CT molecular complexity index is 526. The molecule has 0 bridgehead atoms. The zero-order valence-corrected chi connectivity index (χ0v) is 9.57. The van der Waals surface area contributed by atoms with Gasteiger partial charge in [-0.1, -0.05) is 0 Å². The van der Waals surface area contributed by atoms with E-state index in [1.807, 2.05) is 13.0 Å². The first-order valence-electron chi connectivity index (χ1n) is 5.35. The van der Waals surface area contributed by atoms with E-state index in [0.717, 1.165) is 11.1 Å². The quantitative estimate of drug-likeness (QED) is 0.798. The van der Waals surface area contributed by atoms with Crippen molar-refractivity contribution in [3.8, 4) is 0 Å². The average molecular weight is 231 g/mol. The smallest absolute Gasteiger partial charge is 0.125 e. The normalized spacial score (nSPS) is 10.2. The summed E-state index contributed by atoms with van der Waals surface area (Å²) in [6.07, 6.45) is 3.53. The van der Waals surface area contributed by atoms with Gasteiger partial charge in [-0.25, -0.2) is 4.39 Å². The molecule has 0 amide bonds. The number of pyridine rings is 1. The molecule has 0 unspecified atom stereocenters. The van der Waals surface area contributed by atoms with Crippen molar-refractivity contribution in [3.05, 3.63) is 53.6 Å². The molecule has 0 saturated carbocycles. The Morgan fingerprint density at radius 3 is 2.94 bits per heavy atom. The number of aryl methyl sites for hydroxylation is 1. The molecule has 2 aromatic rings. The predicted molar refractivity (Wildman–Crippen MR) is 67.1 cm³/mol. The molecule has 0 aliphatic rings. The van der Waals surface area contributed by atoms with Crippen LogP contribution in [0.15, 0.2) is 36.7 Å². The number of hydrogen-bond acceptors (Lipinski definition) is 3. The number of halogens is 1. The lowest BCUT2D eigenvalue weighted by Gasteiger charge is -2.10. The maximum atomic E-state index is 13.0. The van der Waals surface area contributed by atoms with Crippen molar-refractivity contribution in [3.63, 3.8) is 0 Å². The third-order valence-electron chi connectivity index (χ3n) is 2.63. The van der Waals surface area contributed by atoms with Crippen LogP contribution in [0.5, 0.6) is 0 Å². The number of nitrogens with zero attached hydrogens (tertiary/aromatic N) is 1. The van der Waals surface area contributed by atoms with Crippen molar-refractivity contribution in [2.45, 2.75) is 13.5 Å². The van der Waals surface area contributed by atoms with Crippen LogP contribution in [-0.4, -0.2) is 4.98 Å². The Kier molecular flexibility index (Phi) is 3.23. The van der Waals surface area contributed by atoms with Gasteiger partial charge >= 0.3 is 0 Å². The van der Waals surface area contributed by atoms with Gasteiger partial charge in [0.25, 0.3) is 0 Å². The van der Waals surface area contributed by atoms with E-state index in [1.54, 1.807) is 18.5 Å². The second kappa shape index (κ2) is 4.82. The summed E-state index contributed by atoms with van der Waals surface area (Å²) in [4.78, 5) is 4.05. The van der Waals surface area contributed by atoms with Crippen LogP contribution in [0.25, 0.3) is 0 Å². The highest BCUT2D eigenvalue weighted by molar-refractivity contribution is 5.65. The minimum atomic E-state index is -0.301. The first-order valence-corrected chi connectivity index (χ1v) is 5.35. The largest absolute Gasteiger partial charge is 0.397 e. The van der Waals surface area contributed by atoms with E-state index in [4.69, 9.17) is 5.73 Å². The zero-order valence-electron chi connectivity index (χ0n) is 9.57. The number of nitrogens with two attached hydrogens (primary N) is 1. The Balaban J connectivity index is 2.12. The van der Waals surface area contributed by atoms with Crippen molar-refractivity contribution in [2.75, 3.05) is 11.1 Å². The molecule has 0 aliphatic carbocycles. The fourth-order valence-electron chi connectivity index (χ4n) is 1.55. The predicted octanol–water partition coefficient (Wildman–Crippen LogP) is 2.72. The van der Waals surface area contributed by atoms with Crippen LogP contribution in [0.1, 0.15) is 11.1 Å².